The Bertz CT molecular complexity index is 841. The Hall–Kier alpha value is -2.12. The van der Waals surface area contributed by atoms with Crippen molar-refractivity contribution in [3.63, 3.8) is 0 Å². The van der Waals surface area contributed by atoms with Gasteiger partial charge in [0.25, 0.3) is 0 Å². The van der Waals surface area contributed by atoms with E-state index in [-0.39, 0.29) is 6.61 Å². The fraction of sp³-hybridized carbons (Fsp3) is 0.222. The molecule has 0 bridgehead atoms. The maximum atomic E-state index is 10.5. The fourth-order valence-corrected chi connectivity index (χ4v) is 3.01. The normalized spacial score (nSPS) is 13.4. The van der Waals surface area contributed by atoms with Crippen LogP contribution in [0, 0.1) is 0 Å². The second-order valence-corrected chi connectivity index (χ2v) is 6.43. The van der Waals surface area contributed by atoms with E-state index >= 15 is 0 Å². The number of methoxy groups -OCH3 is 1. The molecule has 0 amide bonds. The summed E-state index contributed by atoms with van der Waals surface area (Å²) in [6.45, 7) is 0.129. The number of benzene rings is 2. The van der Waals surface area contributed by atoms with Crippen molar-refractivity contribution >= 4 is 23.2 Å². The predicted octanol–water partition coefficient (Wildman–Crippen LogP) is 3.97. The minimum Gasteiger partial charge on any atom is -0.457 e. The molecular formula is C18H17Cl2N3O3. The number of halogens is 2. The lowest BCUT2D eigenvalue weighted by atomic mass is 10.0. The summed E-state index contributed by atoms with van der Waals surface area (Å²) in [6.07, 6.45) is 2.08. The van der Waals surface area contributed by atoms with Crippen molar-refractivity contribution in [2.45, 2.75) is 12.1 Å². The molecule has 8 heteroatoms. The van der Waals surface area contributed by atoms with Crippen molar-refractivity contribution in [2.75, 3.05) is 13.7 Å². The van der Waals surface area contributed by atoms with Crippen LogP contribution in [0.1, 0.15) is 11.6 Å². The molecular weight excluding hydrogens is 377 g/mol. The summed E-state index contributed by atoms with van der Waals surface area (Å²) in [7, 11) is 1.52. The van der Waals surface area contributed by atoms with Gasteiger partial charge in [-0.25, -0.2) is 9.67 Å². The topological polar surface area (TPSA) is 69.4 Å². The molecule has 3 rings (SSSR count). The number of nitrogens with zero attached hydrogens (tertiary/aromatic N) is 3. The molecule has 0 saturated carbocycles. The van der Waals surface area contributed by atoms with E-state index < -0.39 is 12.1 Å². The molecule has 0 saturated heterocycles. The van der Waals surface area contributed by atoms with Gasteiger partial charge in [0.2, 0.25) is 0 Å². The Morgan fingerprint density at radius 2 is 1.85 bits per heavy atom. The molecule has 0 radical (unpaired) electrons. The van der Waals surface area contributed by atoms with Gasteiger partial charge >= 0.3 is 0 Å². The first kappa shape index (κ1) is 18.7. The van der Waals surface area contributed by atoms with Gasteiger partial charge in [0.1, 0.15) is 36.3 Å². The van der Waals surface area contributed by atoms with Gasteiger partial charge in [-0.05, 0) is 42.0 Å². The van der Waals surface area contributed by atoms with Crippen molar-refractivity contribution < 1.29 is 14.6 Å². The van der Waals surface area contributed by atoms with Gasteiger partial charge in [0.05, 0.1) is 6.61 Å². The van der Waals surface area contributed by atoms with Crippen LogP contribution >= 0.6 is 23.2 Å². The Morgan fingerprint density at radius 1 is 1.12 bits per heavy atom. The van der Waals surface area contributed by atoms with Gasteiger partial charge in [-0.3, -0.25) is 0 Å². The van der Waals surface area contributed by atoms with Crippen LogP contribution in [-0.4, -0.2) is 39.7 Å². The van der Waals surface area contributed by atoms with Crippen LogP contribution in [0.15, 0.2) is 55.1 Å². The molecule has 6 nitrogen and oxygen atoms in total. The van der Waals surface area contributed by atoms with Crippen LogP contribution in [0.5, 0.6) is 11.5 Å². The lowest BCUT2D eigenvalue weighted by molar-refractivity contribution is 0.0367. The second-order valence-electron chi connectivity index (χ2n) is 5.58. The summed E-state index contributed by atoms with van der Waals surface area (Å²) in [5.41, 5.74) is 0.685. The zero-order chi connectivity index (χ0) is 18.5. The van der Waals surface area contributed by atoms with Crippen LogP contribution in [0.3, 0.4) is 0 Å². The maximum absolute atomic E-state index is 10.5. The van der Waals surface area contributed by atoms with Crippen molar-refractivity contribution in [1.82, 2.24) is 14.8 Å². The molecule has 1 heterocycles. The number of aromatic nitrogens is 3. The van der Waals surface area contributed by atoms with E-state index in [1.165, 1.54) is 19.8 Å². The van der Waals surface area contributed by atoms with E-state index in [2.05, 4.69) is 10.1 Å². The summed E-state index contributed by atoms with van der Waals surface area (Å²) < 4.78 is 12.4. The third-order valence-corrected chi connectivity index (χ3v) is 4.34. The van der Waals surface area contributed by atoms with Crippen LogP contribution in [0.4, 0.5) is 0 Å². The molecule has 26 heavy (non-hydrogen) atoms. The van der Waals surface area contributed by atoms with E-state index in [4.69, 9.17) is 32.7 Å². The number of rotatable bonds is 7. The van der Waals surface area contributed by atoms with Gasteiger partial charge in [0, 0.05) is 17.2 Å². The zero-order valence-electron chi connectivity index (χ0n) is 13.9. The highest BCUT2D eigenvalue weighted by atomic mass is 35.5. The average molecular weight is 394 g/mol. The fourth-order valence-electron chi connectivity index (χ4n) is 2.60. The Balaban J connectivity index is 1.88. The van der Waals surface area contributed by atoms with Crippen LogP contribution in [0.2, 0.25) is 10.0 Å². The SMILES string of the molecule is COCC(O)C(c1ccc(Oc2ccc(Cl)cc2)cc1Cl)n1cncn1. The predicted molar refractivity (Wildman–Crippen MR) is 99.0 cm³/mol. The molecule has 0 spiro atoms. The smallest absolute Gasteiger partial charge is 0.137 e. The molecule has 2 unspecified atom stereocenters. The Kier molecular flexibility index (Phi) is 6.11. The van der Waals surface area contributed by atoms with Crippen molar-refractivity contribution in [1.29, 1.82) is 0 Å². The van der Waals surface area contributed by atoms with Crippen molar-refractivity contribution in [3.8, 4) is 11.5 Å². The maximum Gasteiger partial charge on any atom is 0.137 e. The van der Waals surface area contributed by atoms with Gasteiger partial charge < -0.3 is 14.6 Å². The van der Waals surface area contributed by atoms with Crippen molar-refractivity contribution in [3.05, 3.63) is 70.7 Å². The second kappa shape index (κ2) is 8.51. The summed E-state index contributed by atoms with van der Waals surface area (Å²) in [5, 5.41) is 15.7. The molecule has 0 aliphatic heterocycles. The standard InChI is InChI=1S/C18H17Cl2N3O3/c1-25-9-17(24)18(23-11-21-10-22-23)15-7-6-14(8-16(15)20)26-13-4-2-12(19)3-5-13/h2-8,10-11,17-18,24H,9H2,1H3. The first-order valence-corrected chi connectivity index (χ1v) is 8.58. The molecule has 0 fully saturated rings. The Labute approximate surface area is 160 Å². The van der Waals surface area contributed by atoms with E-state index in [1.807, 2.05) is 0 Å². The largest absolute Gasteiger partial charge is 0.457 e. The van der Waals surface area contributed by atoms with E-state index in [1.54, 1.807) is 47.1 Å². The molecule has 0 aliphatic carbocycles. The molecule has 0 aliphatic rings. The minimum absolute atomic E-state index is 0.129. The van der Waals surface area contributed by atoms with Crippen LogP contribution < -0.4 is 4.74 Å². The molecule has 2 aromatic carbocycles. The number of aliphatic hydroxyl groups excluding tert-OH is 1. The highest BCUT2D eigenvalue weighted by Gasteiger charge is 2.26. The molecule has 2 atom stereocenters. The third-order valence-electron chi connectivity index (χ3n) is 3.76. The first-order valence-electron chi connectivity index (χ1n) is 7.82. The molecule has 136 valence electrons. The highest BCUT2D eigenvalue weighted by molar-refractivity contribution is 6.31. The van der Waals surface area contributed by atoms with Gasteiger partial charge in [0.15, 0.2) is 0 Å². The number of ether oxygens (including phenoxy) is 2. The number of aliphatic hydroxyl groups is 1. The van der Waals surface area contributed by atoms with Crippen LogP contribution in [-0.2, 0) is 4.74 Å². The quantitative estimate of drug-likeness (QED) is 0.657. The average Bonchev–Trinajstić information content (AvgIpc) is 3.13. The highest BCUT2D eigenvalue weighted by Crippen LogP contribution is 2.33. The summed E-state index contributed by atoms with van der Waals surface area (Å²) in [6, 6.07) is 11.8. The van der Waals surface area contributed by atoms with Gasteiger partial charge in [-0.15, -0.1) is 0 Å². The van der Waals surface area contributed by atoms with Gasteiger partial charge in [-0.2, -0.15) is 5.10 Å². The van der Waals surface area contributed by atoms with Crippen LogP contribution in [0.25, 0.3) is 0 Å². The zero-order valence-corrected chi connectivity index (χ0v) is 15.4. The number of hydrogen-bond acceptors (Lipinski definition) is 5. The molecule has 1 aromatic heterocycles. The summed E-state index contributed by atoms with van der Waals surface area (Å²) in [4.78, 5) is 3.94. The minimum atomic E-state index is -0.845. The Morgan fingerprint density at radius 3 is 2.46 bits per heavy atom. The summed E-state index contributed by atoms with van der Waals surface area (Å²) >= 11 is 12.3. The lowest BCUT2D eigenvalue weighted by Crippen LogP contribution is -2.29. The first-order chi connectivity index (χ1) is 12.6. The lowest BCUT2D eigenvalue weighted by Gasteiger charge is -2.24. The third kappa shape index (κ3) is 4.34. The molecule has 1 N–H and O–H groups in total. The van der Waals surface area contributed by atoms with E-state index in [0.717, 1.165) is 0 Å². The summed E-state index contributed by atoms with van der Waals surface area (Å²) in [5.74, 6) is 1.21. The monoisotopic (exact) mass is 393 g/mol. The number of hydrogen-bond donors (Lipinski definition) is 1. The van der Waals surface area contributed by atoms with Crippen molar-refractivity contribution in [2.24, 2.45) is 0 Å². The van der Waals surface area contributed by atoms with E-state index in [9.17, 15) is 5.11 Å². The van der Waals surface area contributed by atoms with E-state index in [0.29, 0.717) is 27.1 Å². The molecule has 3 aromatic rings. The van der Waals surface area contributed by atoms with Gasteiger partial charge in [-0.1, -0.05) is 29.3 Å².